The summed E-state index contributed by atoms with van der Waals surface area (Å²) in [6.45, 7) is 0. The Balaban J connectivity index is 2.28. The minimum atomic E-state index is -0.00363. The van der Waals surface area contributed by atoms with E-state index in [2.05, 4.69) is 5.16 Å². The lowest BCUT2D eigenvalue weighted by molar-refractivity contribution is 0.447. The highest BCUT2D eigenvalue weighted by Crippen LogP contribution is 2.36. The maximum absolute atomic E-state index is 9.78. The van der Waals surface area contributed by atoms with Crippen LogP contribution < -0.4 is 0 Å². The van der Waals surface area contributed by atoms with E-state index in [9.17, 15) is 15.3 Å². The molecule has 3 rings (SSSR count). The average molecular weight is 243 g/mol. The number of hydrogen-bond acceptors (Lipinski definition) is 5. The predicted molar refractivity (Wildman–Crippen MR) is 64.4 cm³/mol. The number of rotatable bonds is 1. The maximum Gasteiger partial charge on any atom is 0.171 e. The Bertz CT molecular complexity index is 733. The molecule has 0 radical (unpaired) electrons. The van der Waals surface area contributed by atoms with E-state index in [0.717, 1.165) is 0 Å². The van der Waals surface area contributed by atoms with Gasteiger partial charge in [-0.05, 0) is 30.3 Å². The van der Waals surface area contributed by atoms with Crippen LogP contribution in [-0.2, 0) is 0 Å². The molecule has 0 bridgehead atoms. The van der Waals surface area contributed by atoms with Gasteiger partial charge in [0.15, 0.2) is 5.58 Å². The molecule has 0 saturated carbocycles. The van der Waals surface area contributed by atoms with Crippen molar-refractivity contribution in [2.45, 2.75) is 0 Å². The summed E-state index contributed by atoms with van der Waals surface area (Å²) in [7, 11) is 0. The highest BCUT2D eigenvalue weighted by atomic mass is 16.5. The third-order valence-electron chi connectivity index (χ3n) is 2.69. The van der Waals surface area contributed by atoms with Crippen LogP contribution in [-0.4, -0.2) is 20.5 Å². The number of benzene rings is 2. The van der Waals surface area contributed by atoms with Gasteiger partial charge >= 0.3 is 0 Å². The molecule has 0 aliphatic rings. The molecular formula is C13H9NO4. The van der Waals surface area contributed by atoms with Crippen molar-refractivity contribution >= 4 is 11.0 Å². The summed E-state index contributed by atoms with van der Waals surface area (Å²) < 4.78 is 5.08. The number of phenolic OH excluding ortho intramolecular Hbond substituents is 3. The Morgan fingerprint density at radius 2 is 1.61 bits per heavy atom. The molecule has 5 heteroatoms. The zero-order chi connectivity index (χ0) is 12.7. The molecule has 3 aromatic rings. The van der Waals surface area contributed by atoms with Crippen molar-refractivity contribution in [2.75, 3.05) is 0 Å². The van der Waals surface area contributed by atoms with E-state index in [0.29, 0.717) is 22.2 Å². The zero-order valence-corrected chi connectivity index (χ0v) is 9.16. The summed E-state index contributed by atoms with van der Waals surface area (Å²) in [5.74, 6) is 0.0964. The van der Waals surface area contributed by atoms with Gasteiger partial charge in [-0.15, -0.1) is 0 Å². The average Bonchev–Trinajstić information content (AvgIpc) is 2.75. The van der Waals surface area contributed by atoms with Gasteiger partial charge in [0.2, 0.25) is 0 Å². The third kappa shape index (κ3) is 1.53. The van der Waals surface area contributed by atoms with Crippen molar-refractivity contribution in [3.05, 3.63) is 36.4 Å². The summed E-state index contributed by atoms with van der Waals surface area (Å²) in [6, 6.07) is 8.74. The van der Waals surface area contributed by atoms with Crippen molar-refractivity contribution in [3.8, 4) is 28.5 Å². The van der Waals surface area contributed by atoms with Gasteiger partial charge in [0.05, 0.1) is 5.39 Å². The molecule has 5 nitrogen and oxygen atoms in total. The molecule has 0 fully saturated rings. The lowest BCUT2D eigenvalue weighted by atomic mass is 10.1. The second-order valence-electron chi connectivity index (χ2n) is 3.91. The normalized spacial score (nSPS) is 10.9. The van der Waals surface area contributed by atoms with Gasteiger partial charge in [0.25, 0.3) is 0 Å². The monoisotopic (exact) mass is 243 g/mol. The van der Waals surface area contributed by atoms with Crippen molar-refractivity contribution in [2.24, 2.45) is 0 Å². The number of fused-ring (bicyclic) bond motifs is 1. The van der Waals surface area contributed by atoms with Crippen molar-refractivity contribution in [1.82, 2.24) is 5.16 Å². The summed E-state index contributed by atoms with van der Waals surface area (Å²) in [5, 5.41) is 33.1. The fraction of sp³-hybridized carbons (Fsp3) is 0. The Hall–Kier alpha value is -2.69. The predicted octanol–water partition coefficient (Wildman–Crippen LogP) is 2.61. The van der Waals surface area contributed by atoms with Gasteiger partial charge in [0.1, 0.15) is 22.9 Å². The second-order valence-corrected chi connectivity index (χ2v) is 3.91. The number of phenols is 3. The van der Waals surface area contributed by atoms with Gasteiger partial charge in [-0.25, -0.2) is 0 Å². The van der Waals surface area contributed by atoms with E-state index in [-0.39, 0.29) is 17.2 Å². The first-order chi connectivity index (χ1) is 8.65. The number of aromatic nitrogens is 1. The minimum absolute atomic E-state index is 0.00363. The van der Waals surface area contributed by atoms with E-state index in [1.807, 2.05) is 0 Å². The molecule has 0 unspecified atom stereocenters. The summed E-state index contributed by atoms with van der Waals surface area (Å²) in [6.07, 6.45) is 0. The van der Waals surface area contributed by atoms with Crippen molar-refractivity contribution in [3.63, 3.8) is 0 Å². The maximum atomic E-state index is 9.78. The van der Waals surface area contributed by atoms with Crippen LogP contribution in [0.4, 0.5) is 0 Å². The van der Waals surface area contributed by atoms with Crippen LogP contribution in [0.25, 0.3) is 22.2 Å². The Labute approximate surface area is 102 Å². The SMILES string of the molecule is Oc1ccc(O)c(-c2noc3cc(O)ccc23)c1. The van der Waals surface area contributed by atoms with E-state index in [1.165, 1.54) is 30.3 Å². The van der Waals surface area contributed by atoms with Crippen molar-refractivity contribution in [1.29, 1.82) is 0 Å². The van der Waals surface area contributed by atoms with Gasteiger partial charge in [-0.2, -0.15) is 0 Å². The van der Waals surface area contributed by atoms with E-state index in [4.69, 9.17) is 4.52 Å². The summed E-state index contributed by atoms with van der Waals surface area (Å²) >= 11 is 0. The molecule has 3 N–H and O–H groups in total. The molecule has 1 aromatic heterocycles. The van der Waals surface area contributed by atoms with Gasteiger partial charge in [-0.3, -0.25) is 0 Å². The largest absolute Gasteiger partial charge is 0.508 e. The van der Waals surface area contributed by atoms with E-state index >= 15 is 0 Å². The Morgan fingerprint density at radius 3 is 2.44 bits per heavy atom. The zero-order valence-electron chi connectivity index (χ0n) is 9.16. The molecule has 0 aliphatic carbocycles. The number of nitrogens with zero attached hydrogens (tertiary/aromatic N) is 1. The quantitative estimate of drug-likeness (QED) is 0.572. The molecule has 18 heavy (non-hydrogen) atoms. The standard InChI is InChI=1S/C13H9NO4/c15-7-2-4-11(17)10(5-7)13-9-3-1-8(16)6-12(9)18-14-13/h1-6,15-17H. The fourth-order valence-electron chi connectivity index (χ4n) is 1.83. The second kappa shape index (κ2) is 3.66. The molecule has 0 spiro atoms. The van der Waals surface area contributed by atoms with Gasteiger partial charge in [0, 0.05) is 11.6 Å². The number of aromatic hydroxyl groups is 3. The summed E-state index contributed by atoms with van der Waals surface area (Å²) in [5.41, 5.74) is 1.20. The first-order valence-electron chi connectivity index (χ1n) is 5.26. The van der Waals surface area contributed by atoms with E-state index < -0.39 is 0 Å². The summed E-state index contributed by atoms with van der Waals surface area (Å²) in [4.78, 5) is 0. The molecule has 0 atom stereocenters. The highest BCUT2D eigenvalue weighted by molar-refractivity contribution is 5.93. The molecule has 90 valence electrons. The van der Waals surface area contributed by atoms with Crippen LogP contribution in [0.2, 0.25) is 0 Å². The van der Waals surface area contributed by atoms with Crippen LogP contribution in [0.15, 0.2) is 40.9 Å². The lowest BCUT2D eigenvalue weighted by Crippen LogP contribution is -1.80. The van der Waals surface area contributed by atoms with Crippen LogP contribution in [0.5, 0.6) is 17.2 Å². The molecular weight excluding hydrogens is 234 g/mol. The minimum Gasteiger partial charge on any atom is -0.508 e. The first-order valence-corrected chi connectivity index (χ1v) is 5.26. The fourth-order valence-corrected chi connectivity index (χ4v) is 1.83. The third-order valence-corrected chi connectivity index (χ3v) is 2.69. The number of hydrogen-bond donors (Lipinski definition) is 3. The topological polar surface area (TPSA) is 86.7 Å². The van der Waals surface area contributed by atoms with Gasteiger partial charge in [-0.1, -0.05) is 5.16 Å². The van der Waals surface area contributed by atoms with E-state index in [1.54, 1.807) is 6.07 Å². The van der Waals surface area contributed by atoms with Crippen LogP contribution in [0, 0.1) is 0 Å². The van der Waals surface area contributed by atoms with Crippen LogP contribution >= 0.6 is 0 Å². The molecule has 0 aliphatic heterocycles. The van der Waals surface area contributed by atoms with Crippen LogP contribution in [0.3, 0.4) is 0 Å². The molecule has 0 saturated heterocycles. The molecule has 0 amide bonds. The lowest BCUT2D eigenvalue weighted by Gasteiger charge is -2.01. The molecule has 2 aromatic carbocycles. The van der Waals surface area contributed by atoms with Crippen molar-refractivity contribution < 1.29 is 19.8 Å². The Morgan fingerprint density at radius 1 is 0.889 bits per heavy atom. The molecule has 1 heterocycles. The van der Waals surface area contributed by atoms with Crippen LogP contribution in [0.1, 0.15) is 0 Å². The Kier molecular flexibility index (Phi) is 2.13. The first kappa shape index (κ1) is 10.5. The van der Waals surface area contributed by atoms with Gasteiger partial charge < -0.3 is 19.8 Å². The highest BCUT2D eigenvalue weighted by Gasteiger charge is 2.14. The smallest absolute Gasteiger partial charge is 0.171 e.